The molecule has 0 radical (unpaired) electrons. The Hall–Kier alpha value is -3.14. The summed E-state index contributed by atoms with van der Waals surface area (Å²) in [7, 11) is -4.07. The van der Waals surface area contributed by atoms with E-state index in [0.29, 0.717) is 28.6 Å². The number of carbonyl (C=O) groups excluding carboxylic acids is 1. The summed E-state index contributed by atoms with van der Waals surface area (Å²) in [5.74, 6) is -0.137. The van der Waals surface area contributed by atoms with Crippen LogP contribution < -0.4 is 4.72 Å². The van der Waals surface area contributed by atoms with Crippen molar-refractivity contribution in [1.82, 2.24) is 19.3 Å². The van der Waals surface area contributed by atoms with Gasteiger partial charge in [-0.25, -0.2) is 23.1 Å². The molecule has 10 heteroatoms. The van der Waals surface area contributed by atoms with Gasteiger partial charge in [0, 0.05) is 9.92 Å². The van der Waals surface area contributed by atoms with Gasteiger partial charge in [0.05, 0.1) is 11.4 Å². The number of sulfonamides is 1. The molecular formula is C24H21ClN4O3S2. The Labute approximate surface area is 206 Å². The molecule has 0 saturated heterocycles. The maximum absolute atomic E-state index is 12.8. The van der Waals surface area contributed by atoms with Crippen LogP contribution in [-0.4, -0.2) is 35.1 Å². The fraction of sp³-hybridized carbons (Fsp3) is 0.125. The van der Waals surface area contributed by atoms with Gasteiger partial charge in [0.2, 0.25) is 0 Å². The Morgan fingerprint density at radius 1 is 1.15 bits per heavy atom. The molecule has 174 valence electrons. The predicted molar refractivity (Wildman–Crippen MR) is 136 cm³/mol. The van der Waals surface area contributed by atoms with Crippen molar-refractivity contribution >= 4 is 56.5 Å². The quantitative estimate of drug-likeness (QED) is 0.353. The molecule has 2 heterocycles. The third-order valence-electron chi connectivity index (χ3n) is 5.26. The van der Waals surface area contributed by atoms with Gasteiger partial charge in [0.25, 0.3) is 15.9 Å². The lowest BCUT2D eigenvalue weighted by Gasteiger charge is -2.10. The van der Waals surface area contributed by atoms with Crippen LogP contribution in [0.1, 0.15) is 27.4 Å². The topological polar surface area (TPSA) is 94.0 Å². The van der Waals surface area contributed by atoms with E-state index in [1.54, 1.807) is 36.0 Å². The maximum atomic E-state index is 12.8. The Morgan fingerprint density at radius 2 is 1.88 bits per heavy atom. The molecule has 7 nitrogen and oxygen atoms in total. The van der Waals surface area contributed by atoms with Crippen LogP contribution in [0.2, 0.25) is 5.02 Å². The first-order valence-electron chi connectivity index (χ1n) is 10.2. The van der Waals surface area contributed by atoms with E-state index in [1.165, 1.54) is 18.2 Å². The number of aryl methyl sites for hydroxylation is 1. The summed E-state index contributed by atoms with van der Waals surface area (Å²) >= 11 is 8.06. The van der Waals surface area contributed by atoms with Crippen molar-refractivity contribution in [2.45, 2.75) is 23.3 Å². The van der Waals surface area contributed by atoms with Crippen LogP contribution in [0, 0.1) is 6.92 Å². The third-order valence-corrected chi connectivity index (χ3v) is 7.68. The number of amides is 1. The van der Waals surface area contributed by atoms with Gasteiger partial charge < -0.3 is 4.57 Å². The molecule has 0 aliphatic heterocycles. The Morgan fingerprint density at radius 3 is 2.53 bits per heavy atom. The second-order valence-electron chi connectivity index (χ2n) is 7.45. The van der Waals surface area contributed by atoms with Crippen molar-refractivity contribution in [2.24, 2.45) is 0 Å². The summed E-state index contributed by atoms with van der Waals surface area (Å²) in [6, 6.07) is 15.0. The molecule has 1 N–H and O–H groups in total. The van der Waals surface area contributed by atoms with E-state index in [2.05, 4.69) is 21.3 Å². The first-order valence-corrected chi connectivity index (χ1v) is 13.3. The van der Waals surface area contributed by atoms with Gasteiger partial charge in [-0.2, -0.15) is 0 Å². The van der Waals surface area contributed by atoms with E-state index in [0.717, 1.165) is 16.0 Å². The van der Waals surface area contributed by atoms with Gasteiger partial charge >= 0.3 is 0 Å². The summed E-state index contributed by atoms with van der Waals surface area (Å²) in [5, 5.41) is 0.621. The lowest BCUT2D eigenvalue weighted by atomic mass is 10.2. The average molecular weight is 513 g/mol. The van der Waals surface area contributed by atoms with Crippen LogP contribution in [0.25, 0.3) is 17.2 Å². The van der Waals surface area contributed by atoms with E-state index < -0.39 is 15.9 Å². The van der Waals surface area contributed by atoms with Crippen LogP contribution >= 0.6 is 23.4 Å². The number of carbonyl (C=O) groups is 1. The Bertz CT molecular complexity index is 1510. The SMILES string of the molecule is C=Cc1ccc(S(=O)(=O)NC(=O)c2ccc3nc(C)n(Cc4ccc(SC)cc4Cl)c3n2)cc1. The summed E-state index contributed by atoms with van der Waals surface area (Å²) in [6.45, 7) is 5.88. The smallest absolute Gasteiger partial charge is 0.283 e. The molecule has 2 aromatic carbocycles. The molecule has 0 fully saturated rings. The monoisotopic (exact) mass is 512 g/mol. The van der Waals surface area contributed by atoms with Crippen molar-refractivity contribution in [1.29, 1.82) is 0 Å². The van der Waals surface area contributed by atoms with Crippen LogP contribution in [0.3, 0.4) is 0 Å². The zero-order valence-electron chi connectivity index (χ0n) is 18.4. The number of benzene rings is 2. The number of rotatable bonds is 7. The molecule has 0 unspecified atom stereocenters. The van der Waals surface area contributed by atoms with Gasteiger partial charge in [0.1, 0.15) is 17.0 Å². The minimum atomic E-state index is -4.07. The van der Waals surface area contributed by atoms with Gasteiger partial charge in [0.15, 0.2) is 5.65 Å². The van der Waals surface area contributed by atoms with Crippen LogP contribution in [0.5, 0.6) is 0 Å². The highest BCUT2D eigenvalue weighted by atomic mass is 35.5. The minimum absolute atomic E-state index is 0.0308. The largest absolute Gasteiger partial charge is 0.308 e. The molecule has 0 bridgehead atoms. The number of pyridine rings is 1. The van der Waals surface area contributed by atoms with Crippen LogP contribution in [0.4, 0.5) is 0 Å². The zero-order chi connectivity index (χ0) is 24.5. The summed E-state index contributed by atoms with van der Waals surface area (Å²) in [6.07, 6.45) is 3.58. The molecule has 0 aliphatic rings. The zero-order valence-corrected chi connectivity index (χ0v) is 20.8. The highest BCUT2D eigenvalue weighted by Crippen LogP contribution is 2.26. The standard InChI is InChI=1S/C24H21ClN4O3S2/c1-4-16-5-9-19(10-6-16)34(31,32)28-24(30)22-12-11-21-23(27-22)29(15(2)26-21)14-17-7-8-18(33-3)13-20(17)25/h4-13H,1,14H2,2-3H3,(H,28,30). The molecular weight excluding hydrogens is 492 g/mol. The molecule has 0 spiro atoms. The molecule has 1 amide bonds. The van der Waals surface area contributed by atoms with E-state index >= 15 is 0 Å². The number of fused-ring (bicyclic) bond motifs is 1. The van der Waals surface area contributed by atoms with Gasteiger partial charge in [-0.05, 0) is 60.7 Å². The molecule has 0 aliphatic carbocycles. The maximum Gasteiger partial charge on any atom is 0.283 e. The number of nitrogens with one attached hydrogen (secondary N) is 1. The second kappa shape index (κ2) is 9.61. The number of hydrogen-bond acceptors (Lipinski definition) is 6. The van der Waals surface area contributed by atoms with E-state index in [-0.39, 0.29) is 10.6 Å². The van der Waals surface area contributed by atoms with Crippen molar-refractivity contribution in [2.75, 3.05) is 6.26 Å². The third kappa shape index (κ3) is 4.86. The first kappa shape index (κ1) is 24.0. The van der Waals surface area contributed by atoms with E-state index in [9.17, 15) is 13.2 Å². The lowest BCUT2D eigenvalue weighted by molar-refractivity contribution is 0.0977. The normalized spacial score (nSPS) is 11.5. The second-order valence-corrected chi connectivity index (χ2v) is 10.4. The molecule has 0 atom stereocenters. The molecule has 0 saturated carbocycles. The van der Waals surface area contributed by atoms with Crippen molar-refractivity contribution in [3.63, 3.8) is 0 Å². The molecule has 4 aromatic rings. The highest BCUT2D eigenvalue weighted by Gasteiger charge is 2.21. The minimum Gasteiger partial charge on any atom is -0.308 e. The molecule has 4 rings (SSSR count). The van der Waals surface area contributed by atoms with Crippen molar-refractivity contribution < 1.29 is 13.2 Å². The number of nitrogens with zero attached hydrogens (tertiary/aromatic N) is 3. The predicted octanol–water partition coefficient (Wildman–Crippen LogP) is 4.93. The number of thioether (sulfide) groups is 1. The number of aromatic nitrogens is 3. The van der Waals surface area contributed by atoms with E-state index in [1.807, 2.05) is 35.9 Å². The first-order chi connectivity index (χ1) is 16.2. The number of imidazole rings is 1. The van der Waals surface area contributed by atoms with Crippen LogP contribution in [-0.2, 0) is 16.6 Å². The van der Waals surface area contributed by atoms with Gasteiger partial charge in [-0.1, -0.05) is 42.5 Å². The molecule has 34 heavy (non-hydrogen) atoms. The fourth-order valence-corrected chi connectivity index (χ4v) is 5.11. The van der Waals surface area contributed by atoms with Crippen molar-refractivity contribution in [3.05, 3.63) is 88.8 Å². The highest BCUT2D eigenvalue weighted by molar-refractivity contribution is 7.98. The number of halogens is 1. The summed E-state index contributed by atoms with van der Waals surface area (Å²) in [4.78, 5) is 22.7. The summed E-state index contributed by atoms with van der Waals surface area (Å²) in [5.41, 5.74) is 2.66. The van der Waals surface area contributed by atoms with Crippen molar-refractivity contribution in [3.8, 4) is 0 Å². The molecule has 2 aromatic heterocycles. The number of hydrogen-bond donors (Lipinski definition) is 1. The summed E-state index contributed by atoms with van der Waals surface area (Å²) < 4.78 is 29.2. The van der Waals surface area contributed by atoms with E-state index in [4.69, 9.17) is 11.6 Å². The Kier molecular flexibility index (Phi) is 6.79. The Balaban J connectivity index is 1.64. The van der Waals surface area contributed by atoms with Gasteiger partial charge in [-0.15, -0.1) is 11.8 Å². The average Bonchev–Trinajstić information content (AvgIpc) is 3.14. The van der Waals surface area contributed by atoms with Crippen LogP contribution in [0.15, 0.2) is 71.0 Å². The lowest BCUT2D eigenvalue weighted by Crippen LogP contribution is -2.31. The van der Waals surface area contributed by atoms with Gasteiger partial charge in [-0.3, -0.25) is 4.79 Å². The fourth-order valence-electron chi connectivity index (χ4n) is 3.40.